The number of amides is 1. The van der Waals surface area contributed by atoms with Crippen molar-refractivity contribution < 1.29 is 23.7 Å². The molecule has 1 aromatic rings. The average Bonchev–Trinajstić information content (AvgIpc) is 3.22. The Morgan fingerprint density at radius 1 is 1.20 bits per heavy atom. The molecule has 8 nitrogen and oxygen atoms in total. The minimum absolute atomic E-state index is 0.0275. The van der Waals surface area contributed by atoms with E-state index >= 15 is 0 Å². The normalized spacial score (nSPS) is 14.1. The number of carbonyl (C=O) groups excluding carboxylic acids is 1. The van der Waals surface area contributed by atoms with E-state index < -0.39 is 0 Å². The van der Waals surface area contributed by atoms with Crippen LogP contribution in [0.5, 0.6) is 11.5 Å². The van der Waals surface area contributed by atoms with Crippen molar-refractivity contribution in [3.05, 3.63) is 23.8 Å². The van der Waals surface area contributed by atoms with Gasteiger partial charge in [-0.05, 0) is 64.5 Å². The van der Waals surface area contributed by atoms with Crippen LogP contribution in [0.1, 0.15) is 50.9 Å². The van der Waals surface area contributed by atoms with Crippen molar-refractivity contribution in [1.29, 1.82) is 0 Å². The summed E-state index contributed by atoms with van der Waals surface area (Å²) in [5.41, 5.74) is 0.453. The molecular formula is C22H35N3O5. The Bertz CT molecular complexity index is 691. The molecule has 0 spiro atoms. The molecule has 0 fully saturated rings. The molecule has 1 heterocycles. The summed E-state index contributed by atoms with van der Waals surface area (Å²) in [5, 5.41) is 2.78. The van der Waals surface area contributed by atoms with Gasteiger partial charge in [0, 0.05) is 12.2 Å². The standard InChI is InChI=1S/C22H35N3O5/c1-5-25(6-2)12-8-9-17(4)23-22(28-14-13-27-7-3)24-21(26)18-10-11-19-20(15-18)30-16-29-19/h10-11,15,17H,5-9,12-14,16H2,1-4H3,(H,23,24,26)/t17-/m1/s1. The lowest BCUT2D eigenvalue weighted by molar-refractivity contribution is 0.0920. The maximum absolute atomic E-state index is 12.7. The molecule has 0 unspecified atom stereocenters. The number of hydrogen-bond acceptors (Lipinski definition) is 7. The Labute approximate surface area is 179 Å². The molecule has 2 rings (SSSR count). The summed E-state index contributed by atoms with van der Waals surface area (Å²) < 4.78 is 21.7. The first-order chi connectivity index (χ1) is 14.6. The van der Waals surface area contributed by atoms with Crippen LogP contribution in [-0.4, -0.2) is 69.1 Å². The minimum Gasteiger partial charge on any atom is -0.463 e. The van der Waals surface area contributed by atoms with Crippen LogP contribution >= 0.6 is 0 Å². The van der Waals surface area contributed by atoms with E-state index in [9.17, 15) is 4.79 Å². The first-order valence-corrected chi connectivity index (χ1v) is 10.8. The molecule has 1 aliphatic rings. The summed E-state index contributed by atoms with van der Waals surface area (Å²) in [5.74, 6) is 0.886. The third kappa shape index (κ3) is 7.84. The van der Waals surface area contributed by atoms with Gasteiger partial charge >= 0.3 is 0 Å². The summed E-state index contributed by atoms with van der Waals surface area (Å²) in [4.78, 5) is 19.7. The number of benzene rings is 1. The van der Waals surface area contributed by atoms with Crippen molar-refractivity contribution in [2.24, 2.45) is 4.99 Å². The molecular weight excluding hydrogens is 386 g/mol. The first kappa shape index (κ1) is 24.0. The molecule has 1 amide bonds. The molecule has 0 saturated carbocycles. The van der Waals surface area contributed by atoms with Crippen molar-refractivity contribution in [1.82, 2.24) is 10.2 Å². The van der Waals surface area contributed by atoms with Gasteiger partial charge in [0.05, 0.1) is 12.6 Å². The maximum Gasteiger partial charge on any atom is 0.292 e. The van der Waals surface area contributed by atoms with Crippen LogP contribution in [-0.2, 0) is 9.47 Å². The molecule has 168 valence electrons. The van der Waals surface area contributed by atoms with Gasteiger partial charge < -0.3 is 23.8 Å². The predicted molar refractivity (Wildman–Crippen MR) is 116 cm³/mol. The third-order valence-corrected chi connectivity index (χ3v) is 4.85. The van der Waals surface area contributed by atoms with Crippen molar-refractivity contribution in [2.75, 3.05) is 46.2 Å². The minimum atomic E-state index is -0.307. The van der Waals surface area contributed by atoms with Gasteiger partial charge in [-0.15, -0.1) is 0 Å². The predicted octanol–water partition coefficient (Wildman–Crippen LogP) is 3.06. The van der Waals surface area contributed by atoms with E-state index in [1.165, 1.54) is 0 Å². The summed E-state index contributed by atoms with van der Waals surface area (Å²) >= 11 is 0. The second kappa shape index (κ2) is 13.1. The highest BCUT2D eigenvalue weighted by atomic mass is 16.7. The zero-order valence-electron chi connectivity index (χ0n) is 18.6. The molecule has 1 N–H and O–H groups in total. The van der Waals surface area contributed by atoms with Crippen LogP contribution < -0.4 is 14.8 Å². The number of carbonyl (C=O) groups is 1. The highest BCUT2D eigenvalue weighted by Gasteiger charge is 2.18. The topological polar surface area (TPSA) is 81.6 Å². The number of ether oxygens (including phenoxy) is 4. The van der Waals surface area contributed by atoms with E-state index in [-0.39, 0.29) is 24.8 Å². The molecule has 8 heteroatoms. The molecule has 0 radical (unpaired) electrons. The number of nitrogens with zero attached hydrogens (tertiary/aromatic N) is 2. The fourth-order valence-corrected chi connectivity index (χ4v) is 3.07. The molecule has 0 aliphatic carbocycles. The number of amidine groups is 1. The van der Waals surface area contributed by atoms with Gasteiger partial charge in [0.1, 0.15) is 6.61 Å². The molecule has 1 aromatic carbocycles. The van der Waals surface area contributed by atoms with Crippen molar-refractivity contribution in [2.45, 2.75) is 46.6 Å². The fraction of sp³-hybridized carbons (Fsp3) is 0.636. The second-order valence-electron chi connectivity index (χ2n) is 7.02. The van der Waals surface area contributed by atoms with Crippen LogP contribution in [0.3, 0.4) is 0 Å². The van der Waals surface area contributed by atoms with Crippen LogP contribution in [0.15, 0.2) is 23.2 Å². The van der Waals surface area contributed by atoms with E-state index in [1.807, 2.05) is 13.8 Å². The van der Waals surface area contributed by atoms with Gasteiger partial charge in [0.2, 0.25) is 6.79 Å². The third-order valence-electron chi connectivity index (χ3n) is 4.85. The van der Waals surface area contributed by atoms with Crippen LogP contribution in [0.2, 0.25) is 0 Å². The van der Waals surface area contributed by atoms with E-state index in [0.717, 1.165) is 32.5 Å². The maximum atomic E-state index is 12.7. The van der Waals surface area contributed by atoms with Crippen molar-refractivity contribution >= 4 is 11.9 Å². The Morgan fingerprint density at radius 3 is 2.70 bits per heavy atom. The zero-order chi connectivity index (χ0) is 21.8. The van der Waals surface area contributed by atoms with E-state index in [0.29, 0.717) is 36.9 Å². The molecule has 0 saturated heterocycles. The smallest absolute Gasteiger partial charge is 0.292 e. The average molecular weight is 422 g/mol. The lowest BCUT2D eigenvalue weighted by atomic mass is 10.2. The Morgan fingerprint density at radius 2 is 1.97 bits per heavy atom. The number of fused-ring (bicyclic) bond motifs is 1. The molecule has 1 aliphatic heterocycles. The summed E-state index contributed by atoms with van der Waals surface area (Å²) in [7, 11) is 0. The molecule has 0 bridgehead atoms. The first-order valence-electron chi connectivity index (χ1n) is 10.8. The SMILES string of the molecule is CCOCCOC(=N[C@H](C)CCCN(CC)CC)NC(=O)c1ccc2c(c1)OCO2. The van der Waals surface area contributed by atoms with Gasteiger partial charge in [0.25, 0.3) is 11.9 Å². The lowest BCUT2D eigenvalue weighted by Crippen LogP contribution is -2.34. The monoisotopic (exact) mass is 421 g/mol. The highest BCUT2D eigenvalue weighted by molar-refractivity contribution is 6.04. The number of hydrogen-bond donors (Lipinski definition) is 1. The van der Waals surface area contributed by atoms with E-state index in [4.69, 9.17) is 18.9 Å². The molecule has 1 atom stereocenters. The summed E-state index contributed by atoms with van der Waals surface area (Å²) in [6.45, 7) is 13.0. The van der Waals surface area contributed by atoms with E-state index in [1.54, 1.807) is 18.2 Å². The van der Waals surface area contributed by atoms with Crippen LogP contribution in [0.4, 0.5) is 0 Å². The number of rotatable bonds is 12. The lowest BCUT2D eigenvalue weighted by Gasteiger charge is -2.18. The van der Waals surface area contributed by atoms with Gasteiger partial charge in [-0.25, -0.2) is 4.99 Å². The van der Waals surface area contributed by atoms with Crippen LogP contribution in [0, 0.1) is 0 Å². The van der Waals surface area contributed by atoms with E-state index in [2.05, 4.69) is 29.1 Å². The Hall–Kier alpha value is -2.32. The Kier molecular flexibility index (Phi) is 10.4. The van der Waals surface area contributed by atoms with Crippen molar-refractivity contribution in [3.63, 3.8) is 0 Å². The summed E-state index contributed by atoms with van der Waals surface area (Å²) in [6, 6.07) is 5.31. The zero-order valence-corrected chi connectivity index (χ0v) is 18.6. The van der Waals surface area contributed by atoms with Gasteiger partial charge in [-0.1, -0.05) is 13.8 Å². The molecule has 30 heavy (non-hydrogen) atoms. The van der Waals surface area contributed by atoms with Gasteiger partial charge in [0.15, 0.2) is 11.5 Å². The summed E-state index contributed by atoms with van der Waals surface area (Å²) in [6.07, 6.45) is 1.95. The quantitative estimate of drug-likeness (QED) is 0.317. The number of aliphatic imine (C=N–C) groups is 1. The fourth-order valence-electron chi connectivity index (χ4n) is 3.07. The highest BCUT2D eigenvalue weighted by Crippen LogP contribution is 2.32. The van der Waals surface area contributed by atoms with Gasteiger partial charge in [-0.3, -0.25) is 10.1 Å². The van der Waals surface area contributed by atoms with Gasteiger partial charge in [-0.2, -0.15) is 0 Å². The largest absolute Gasteiger partial charge is 0.463 e. The number of nitrogens with one attached hydrogen (secondary N) is 1. The molecule has 0 aromatic heterocycles. The Balaban J connectivity index is 1.96. The second-order valence-corrected chi connectivity index (χ2v) is 7.02. The van der Waals surface area contributed by atoms with Crippen molar-refractivity contribution in [3.8, 4) is 11.5 Å². The van der Waals surface area contributed by atoms with Crippen LogP contribution in [0.25, 0.3) is 0 Å².